The van der Waals surface area contributed by atoms with Gasteiger partial charge in [-0.25, -0.2) is 0 Å². The lowest BCUT2D eigenvalue weighted by Gasteiger charge is -2.44. The van der Waals surface area contributed by atoms with Gasteiger partial charge >= 0.3 is 5.97 Å². The van der Waals surface area contributed by atoms with Gasteiger partial charge in [-0.1, -0.05) is 20.3 Å². The van der Waals surface area contributed by atoms with Crippen molar-refractivity contribution < 1.29 is 9.90 Å². The van der Waals surface area contributed by atoms with E-state index >= 15 is 0 Å². The Kier molecular flexibility index (Phi) is 2.32. The van der Waals surface area contributed by atoms with Crippen LogP contribution in [-0.2, 0) is 4.79 Å². The Morgan fingerprint density at radius 1 is 1.21 bits per heavy atom. The fourth-order valence-corrected chi connectivity index (χ4v) is 3.79. The minimum atomic E-state index is -0.563. The molecular formula is C12H20O2. The fraction of sp³-hybridized carbons (Fsp3) is 0.917. The van der Waals surface area contributed by atoms with E-state index in [9.17, 15) is 9.90 Å². The van der Waals surface area contributed by atoms with Crippen LogP contribution in [0.3, 0.4) is 0 Å². The predicted molar refractivity (Wildman–Crippen MR) is 55.0 cm³/mol. The van der Waals surface area contributed by atoms with Crippen molar-refractivity contribution in [2.45, 2.75) is 46.0 Å². The summed E-state index contributed by atoms with van der Waals surface area (Å²) in [6.45, 7) is 4.32. The molecule has 0 aromatic heterocycles. The van der Waals surface area contributed by atoms with E-state index in [1.165, 1.54) is 19.3 Å². The van der Waals surface area contributed by atoms with Crippen molar-refractivity contribution in [1.29, 1.82) is 0 Å². The summed E-state index contributed by atoms with van der Waals surface area (Å²) >= 11 is 0. The summed E-state index contributed by atoms with van der Waals surface area (Å²) in [5, 5.41) is 9.32. The average molecular weight is 196 g/mol. The summed E-state index contributed by atoms with van der Waals surface area (Å²) in [7, 11) is 0. The van der Waals surface area contributed by atoms with Gasteiger partial charge in [0, 0.05) is 0 Å². The molecule has 3 unspecified atom stereocenters. The lowest BCUT2D eigenvalue weighted by Crippen LogP contribution is -2.43. The van der Waals surface area contributed by atoms with Gasteiger partial charge in [0.25, 0.3) is 0 Å². The van der Waals surface area contributed by atoms with Gasteiger partial charge in [-0.2, -0.15) is 0 Å². The summed E-state index contributed by atoms with van der Waals surface area (Å²) in [4.78, 5) is 11.3. The normalized spacial score (nSPS) is 40.6. The summed E-state index contributed by atoms with van der Waals surface area (Å²) in [5.41, 5.74) is 0.0191. The number of fused-ring (bicyclic) bond motifs is 4. The summed E-state index contributed by atoms with van der Waals surface area (Å²) in [6.07, 6.45) is 6.01. The molecule has 0 aromatic rings. The number of hydrogen-bond donors (Lipinski definition) is 1. The molecule has 2 bridgehead atoms. The number of carboxylic acids is 1. The molecule has 2 heteroatoms. The first kappa shape index (κ1) is 10.0. The maximum Gasteiger partial charge on any atom is 0.307 e. The van der Waals surface area contributed by atoms with Crippen molar-refractivity contribution in [2.24, 2.45) is 23.2 Å². The zero-order valence-electron chi connectivity index (χ0n) is 9.12. The van der Waals surface area contributed by atoms with Crippen molar-refractivity contribution in [2.75, 3.05) is 0 Å². The van der Waals surface area contributed by atoms with Gasteiger partial charge in [0.1, 0.15) is 0 Å². The topological polar surface area (TPSA) is 37.3 Å². The molecule has 14 heavy (non-hydrogen) atoms. The largest absolute Gasteiger partial charge is 0.481 e. The molecule has 0 saturated heterocycles. The van der Waals surface area contributed by atoms with Crippen LogP contribution < -0.4 is 0 Å². The van der Waals surface area contributed by atoms with Crippen molar-refractivity contribution in [3.8, 4) is 0 Å². The van der Waals surface area contributed by atoms with E-state index in [-0.39, 0.29) is 11.3 Å². The van der Waals surface area contributed by atoms with Gasteiger partial charge in [-0.05, 0) is 42.9 Å². The summed E-state index contributed by atoms with van der Waals surface area (Å²) < 4.78 is 0. The van der Waals surface area contributed by atoms with Crippen molar-refractivity contribution in [3.05, 3.63) is 0 Å². The van der Waals surface area contributed by atoms with Crippen LogP contribution in [0.5, 0.6) is 0 Å². The lowest BCUT2D eigenvalue weighted by atomic mass is 9.59. The Labute approximate surface area is 85.7 Å². The molecule has 3 rings (SSSR count). The molecule has 3 aliphatic rings. The maximum absolute atomic E-state index is 11.3. The number of aliphatic carboxylic acids is 1. The van der Waals surface area contributed by atoms with Crippen LogP contribution in [0.1, 0.15) is 46.0 Å². The minimum Gasteiger partial charge on any atom is -0.481 e. The van der Waals surface area contributed by atoms with Crippen molar-refractivity contribution in [3.63, 3.8) is 0 Å². The van der Waals surface area contributed by atoms with Crippen LogP contribution in [0.15, 0.2) is 0 Å². The van der Waals surface area contributed by atoms with Crippen molar-refractivity contribution >= 4 is 5.97 Å². The van der Waals surface area contributed by atoms with E-state index in [4.69, 9.17) is 0 Å². The second-order valence-electron chi connectivity index (χ2n) is 5.60. The van der Waals surface area contributed by atoms with Gasteiger partial charge in [0.05, 0.1) is 5.92 Å². The van der Waals surface area contributed by atoms with E-state index in [1.807, 2.05) is 0 Å². The smallest absolute Gasteiger partial charge is 0.307 e. The highest BCUT2D eigenvalue weighted by Gasteiger charge is 2.50. The molecule has 0 amide bonds. The Morgan fingerprint density at radius 3 is 2.57 bits per heavy atom. The van der Waals surface area contributed by atoms with Gasteiger partial charge in [-0.15, -0.1) is 0 Å². The Bertz CT molecular complexity index is 241. The summed E-state index contributed by atoms with van der Waals surface area (Å²) in [6, 6.07) is 0. The number of carboxylic acid groups (broad SMARTS) is 1. The molecule has 0 aliphatic heterocycles. The number of rotatable bonds is 1. The highest BCUT2D eigenvalue weighted by Crippen LogP contribution is 2.53. The fourth-order valence-electron chi connectivity index (χ4n) is 3.79. The molecule has 3 saturated carbocycles. The third-order valence-electron chi connectivity index (χ3n) is 4.60. The van der Waals surface area contributed by atoms with E-state index in [2.05, 4.69) is 13.8 Å². The van der Waals surface area contributed by atoms with E-state index in [1.54, 1.807) is 0 Å². The first-order valence-corrected chi connectivity index (χ1v) is 5.76. The van der Waals surface area contributed by atoms with Crippen LogP contribution in [0.2, 0.25) is 0 Å². The molecule has 3 atom stereocenters. The third-order valence-corrected chi connectivity index (χ3v) is 4.60. The molecule has 80 valence electrons. The Morgan fingerprint density at radius 2 is 1.93 bits per heavy atom. The van der Waals surface area contributed by atoms with Gasteiger partial charge in [-0.3, -0.25) is 4.79 Å². The first-order valence-electron chi connectivity index (χ1n) is 5.76. The predicted octanol–water partition coefficient (Wildman–Crippen LogP) is 2.92. The molecule has 1 N–H and O–H groups in total. The van der Waals surface area contributed by atoms with Gasteiger partial charge < -0.3 is 5.11 Å². The quantitative estimate of drug-likeness (QED) is 0.700. The molecule has 0 spiro atoms. The van der Waals surface area contributed by atoms with E-state index in [0.29, 0.717) is 11.8 Å². The Balaban J connectivity index is 2.33. The first-order chi connectivity index (χ1) is 6.53. The molecule has 3 fully saturated rings. The number of carbonyl (C=O) groups is 1. The molecular weight excluding hydrogens is 176 g/mol. The van der Waals surface area contributed by atoms with E-state index in [0.717, 1.165) is 12.8 Å². The van der Waals surface area contributed by atoms with Gasteiger partial charge in [0.2, 0.25) is 0 Å². The van der Waals surface area contributed by atoms with Crippen LogP contribution in [0, 0.1) is 23.2 Å². The third kappa shape index (κ3) is 1.35. The van der Waals surface area contributed by atoms with Crippen LogP contribution in [0.4, 0.5) is 0 Å². The second-order valence-corrected chi connectivity index (χ2v) is 5.60. The SMILES string of the molecule is CC1(C)C2CCCC(CC2)C1C(=O)O. The molecule has 2 nitrogen and oxygen atoms in total. The highest BCUT2D eigenvalue weighted by atomic mass is 16.4. The monoisotopic (exact) mass is 196 g/mol. The minimum absolute atomic E-state index is 0.0191. The summed E-state index contributed by atoms with van der Waals surface area (Å²) in [5.74, 6) is 0.430. The average Bonchev–Trinajstić information content (AvgIpc) is 2.33. The van der Waals surface area contributed by atoms with Gasteiger partial charge in [0.15, 0.2) is 0 Å². The molecule has 0 heterocycles. The van der Waals surface area contributed by atoms with E-state index < -0.39 is 5.97 Å². The number of hydrogen-bond acceptors (Lipinski definition) is 1. The van der Waals surface area contributed by atoms with Crippen LogP contribution in [-0.4, -0.2) is 11.1 Å². The Hall–Kier alpha value is -0.530. The second kappa shape index (κ2) is 3.25. The molecule has 0 aromatic carbocycles. The zero-order chi connectivity index (χ0) is 10.3. The van der Waals surface area contributed by atoms with Crippen LogP contribution >= 0.6 is 0 Å². The highest BCUT2D eigenvalue weighted by molar-refractivity contribution is 5.71. The lowest BCUT2D eigenvalue weighted by molar-refractivity contribution is -0.153. The maximum atomic E-state index is 11.3. The standard InChI is InChI=1S/C12H20O2/c1-12(2)9-5-3-4-8(6-7-9)10(12)11(13)14/h8-10H,3-7H2,1-2H3,(H,13,14). The van der Waals surface area contributed by atoms with Crippen molar-refractivity contribution in [1.82, 2.24) is 0 Å². The zero-order valence-corrected chi connectivity index (χ0v) is 9.12. The van der Waals surface area contributed by atoms with Crippen LogP contribution in [0.25, 0.3) is 0 Å². The molecule has 0 radical (unpaired) electrons. The molecule has 3 aliphatic carbocycles.